The molecule has 0 aromatic heterocycles. The predicted molar refractivity (Wildman–Crippen MR) is 75.8 cm³/mol. The number of piperidine rings is 1. The molecular formula is C15H18BrNO. The fourth-order valence-electron chi connectivity index (χ4n) is 3.33. The third-order valence-electron chi connectivity index (χ3n) is 4.31. The lowest BCUT2D eigenvalue weighted by molar-refractivity contribution is 0.0955. The van der Waals surface area contributed by atoms with E-state index in [0.717, 1.165) is 28.5 Å². The summed E-state index contributed by atoms with van der Waals surface area (Å²) >= 11 is 3.39. The van der Waals surface area contributed by atoms with Gasteiger partial charge in [-0.3, -0.25) is 9.69 Å². The number of nitrogens with zero attached hydrogens (tertiary/aromatic N) is 1. The number of benzene rings is 1. The molecule has 2 bridgehead atoms. The van der Waals surface area contributed by atoms with Gasteiger partial charge in [-0.05, 0) is 37.3 Å². The van der Waals surface area contributed by atoms with Gasteiger partial charge in [-0.1, -0.05) is 28.1 Å². The number of rotatable bonds is 4. The van der Waals surface area contributed by atoms with Crippen molar-refractivity contribution < 1.29 is 4.79 Å². The maximum atomic E-state index is 12.1. The molecule has 2 nitrogen and oxygen atoms in total. The van der Waals surface area contributed by atoms with Gasteiger partial charge in [0.2, 0.25) is 0 Å². The van der Waals surface area contributed by atoms with Gasteiger partial charge < -0.3 is 0 Å². The third kappa shape index (κ3) is 2.52. The number of likely N-dealkylation sites (tertiary alicyclic amines) is 1. The van der Waals surface area contributed by atoms with Crippen LogP contribution in [-0.4, -0.2) is 29.8 Å². The Bertz CT molecular complexity index is 442. The van der Waals surface area contributed by atoms with Crippen LogP contribution in [0.2, 0.25) is 0 Å². The fraction of sp³-hybridized carbons (Fsp3) is 0.533. The number of halogens is 1. The average molecular weight is 308 g/mol. The van der Waals surface area contributed by atoms with E-state index in [1.54, 1.807) is 0 Å². The van der Waals surface area contributed by atoms with Crippen LogP contribution < -0.4 is 0 Å². The zero-order valence-corrected chi connectivity index (χ0v) is 12.0. The number of ketones is 1. The summed E-state index contributed by atoms with van der Waals surface area (Å²) in [6, 6.07) is 8.45. The van der Waals surface area contributed by atoms with Crippen molar-refractivity contribution in [1.82, 2.24) is 4.90 Å². The molecule has 2 aliphatic rings. The van der Waals surface area contributed by atoms with E-state index in [-0.39, 0.29) is 5.78 Å². The molecule has 2 unspecified atom stereocenters. The predicted octanol–water partition coefficient (Wildman–Crippen LogP) is 3.51. The van der Waals surface area contributed by atoms with Gasteiger partial charge in [0.1, 0.15) is 0 Å². The molecule has 1 saturated carbocycles. The van der Waals surface area contributed by atoms with Crippen LogP contribution in [0.4, 0.5) is 0 Å². The smallest absolute Gasteiger partial charge is 0.164 e. The molecule has 1 saturated heterocycles. The van der Waals surface area contributed by atoms with E-state index < -0.39 is 0 Å². The lowest BCUT2D eigenvalue weighted by Crippen LogP contribution is -2.33. The minimum atomic E-state index is 0.269. The topological polar surface area (TPSA) is 20.3 Å². The Morgan fingerprint density at radius 3 is 2.67 bits per heavy atom. The first-order valence-electron chi connectivity index (χ1n) is 6.75. The molecule has 3 rings (SSSR count). The van der Waals surface area contributed by atoms with Gasteiger partial charge in [-0.25, -0.2) is 0 Å². The minimum absolute atomic E-state index is 0.269. The Morgan fingerprint density at radius 2 is 2.06 bits per heavy atom. The lowest BCUT2D eigenvalue weighted by Gasteiger charge is -2.26. The van der Waals surface area contributed by atoms with E-state index in [2.05, 4.69) is 20.8 Å². The Kier molecular flexibility index (Phi) is 3.53. The Hall–Kier alpha value is -0.670. The molecular weight excluding hydrogens is 290 g/mol. The minimum Gasteiger partial charge on any atom is -0.300 e. The Morgan fingerprint density at radius 1 is 1.28 bits per heavy atom. The van der Waals surface area contributed by atoms with Crippen LogP contribution in [0, 0.1) is 5.92 Å². The van der Waals surface area contributed by atoms with Gasteiger partial charge in [0.05, 0.1) is 0 Å². The van der Waals surface area contributed by atoms with Gasteiger partial charge in [0, 0.05) is 35.6 Å². The van der Waals surface area contributed by atoms with Crippen molar-refractivity contribution in [2.75, 3.05) is 13.1 Å². The summed E-state index contributed by atoms with van der Waals surface area (Å²) in [5.41, 5.74) is 0.836. The Labute approximate surface area is 116 Å². The molecule has 3 heteroatoms. The second kappa shape index (κ2) is 5.14. The highest BCUT2D eigenvalue weighted by Crippen LogP contribution is 2.37. The summed E-state index contributed by atoms with van der Waals surface area (Å²) in [4.78, 5) is 14.6. The molecule has 96 valence electrons. The van der Waals surface area contributed by atoms with Gasteiger partial charge in [0.15, 0.2) is 5.78 Å². The molecule has 1 aliphatic heterocycles. The van der Waals surface area contributed by atoms with E-state index in [1.807, 2.05) is 24.3 Å². The van der Waals surface area contributed by atoms with Crippen molar-refractivity contribution in [3.8, 4) is 0 Å². The normalized spacial score (nSPS) is 26.7. The highest BCUT2D eigenvalue weighted by Gasteiger charge is 2.37. The summed E-state index contributed by atoms with van der Waals surface area (Å²) in [7, 11) is 0. The molecule has 0 amide bonds. The largest absolute Gasteiger partial charge is 0.300 e. The van der Waals surface area contributed by atoms with Crippen LogP contribution in [0.15, 0.2) is 28.7 Å². The first kappa shape index (κ1) is 12.4. The van der Waals surface area contributed by atoms with Crippen LogP contribution in [0.3, 0.4) is 0 Å². The number of carbonyl (C=O) groups is 1. The van der Waals surface area contributed by atoms with E-state index in [9.17, 15) is 4.79 Å². The lowest BCUT2D eigenvalue weighted by atomic mass is 10.1. The molecule has 18 heavy (non-hydrogen) atoms. The van der Waals surface area contributed by atoms with Gasteiger partial charge in [-0.2, -0.15) is 0 Å². The summed E-state index contributed by atoms with van der Waals surface area (Å²) in [6.45, 7) is 2.16. The molecule has 2 fully saturated rings. The molecule has 0 N–H and O–H groups in total. The van der Waals surface area contributed by atoms with Gasteiger partial charge in [-0.15, -0.1) is 0 Å². The molecule has 1 aromatic carbocycles. The molecule has 1 aromatic rings. The first-order valence-corrected chi connectivity index (χ1v) is 7.54. The molecule has 1 aliphatic carbocycles. The van der Waals surface area contributed by atoms with Crippen LogP contribution in [-0.2, 0) is 0 Å². The van der Waals surface area contributed by atoms with E-state index in [0.29, 0.717) is 6.42 Å². The summed E-state index contributed by atoms with van der Waals surface area (Å²) in [5.74, 6) is 1.18. The molecule has 0 radical (unpaired) electrons. The highest BCUT2D eigenvalue weighted by molar-refractivity contribution is 9.10. The van der Waals surface area contributed by atoms with E-state index in [4.69, 9.17) is 0 Å². The molecule has 0 spiro atoms. The second-order valence-electron chi connectivity index (χ2n) is 5.51. The third-order valence-corrected chi connectivity index (χ3v) is 4.84. The highest BCUT2D eigenvalue weighted by atomic mass is 79.9. The van der Waals surface area contributed by atoms with Crippen LogP contribution in [0.5, 0.6) is 0 Å². The average Bonchev–Trinajstić information content (AvgIpc) is 2.99. The van der Waals surface area contributed by atoms with Crippen LogP contribution in [0.25, 0.3) is 0 Å². The van der Waals surface area contributed by atoms with E-state index >= 15 is 0 Å². The number of hydrogen-bond acceptors (Lipinski definition) is 2. The van der Waals surface area contributed by atoms with E-state index in [1.165, 1.54) is 25.8 Å². The number of Topliss-reactive ketones (excluding diaryl/α,β-unsaturated/α-hetero) is 1. The number of fused-ring (bicyclic) bond motifs is 2. The maximum Gasteiger partial charge on any atom is 0.164 e. The van der Waals surface area contributed by atoms with Crippen molar-refractivity contribution in [3.05, 3.63) is 34.3 Å². The quantitative estimate of drug-likeness (QED) is 0.793. The molecule has 1 heterocycles. The SMILES string of the molecule is O=C(CCN1CC2CCC1C2)c1ccc(Br)cc1. The van der Waals surface area contributed by atoms with Crippen molar-refractivity contribution in [1.29, 1.82) is 0 Å². The van der Waals surface area contributed by atoms with Crippen LogP contribution >= 0.6 is 15.9 Å². The molecule has 2 atom stereocenters. The van der Waals surface area contributed by atoms with Crippen molar-refractivity contribution >= 4 is 21.7 Å². The summed E-state index contributed by atoms with van der Waals surface area (Å²) < 4.78 is 1.02. The van der Waals surface area contributed by atoms with Gasteiger partial charge in [0.25, 0.3) is 0 Å². The number of carbonyl (C=O) groups excluding carboxylic acids is 1. The monoisotopic (exact) mass is 307 g/mol. The van der Waals surface area contributed by atoms with Crippen molar-refractivity contribution in [2.45, 2.75) is 31.7 Å². The number of hydrogen-bond donors (Lipinski definition) is 0. The van der Waals surface area contributed by atoms with Crippen molar-refractivity contribution in [2.24, 2.45) is 5.92 Å². The first-order chi connectivity index (χ1) is 8.72. The maximum absolute atomic E-state index is 12.1. The zero-order valence-electron chi connectivity index (χ0n) is 10.4. The van der Waals surface area contributed by atoms with Gasteiger partial charge >= 0.3 is 0 Å². The Balaban J connectivity index is 1.54. The second-order valence-corrected chi connectivity index (χ2v) is 6.42. The zero-order chi connectivity index (χ0) is 12.5. The fourth-order valence-corrected chi connectivity index (χ4v) is 3.59. The van der Waals surface area contributed by atoms with Crippen LogP contribution in [0.1, 0.15) is 36.0 Å². The van der Waals surface area contributed by atoms with Crippen molar-refractivity contribution in [3.63, 3.8) is 0 Å². The standard InChI is InChI=1S/C15H18BrNO/c16-13-4-2-12(3-5-13)15(18)7-8-17-10-11-1-6-14(17)9-11/h2-5,11,14H,1,6-10H2. The summed E-state index contributed by atoms with van der Waals surface area (Å²) in [6.07, 6.45) is 4.77. The summed E-state index contributed by atoms with van der Waals surface area (Å²) in [5, 5.41) is 0.